The SMILES string of the molecule is CCCN1C(=O)/C(=C\c2ccc([N+](=O)[O-])cc2)Oc2cc(N)ccc21. The van der Waals surface area contributed by atoms with Crippen molar-refractivity contribution in [3.05, 3.63) is 63.9 Å². The second-order valence-electron chi connectivity index (χ2n) is 5.64. The molecule has 1 aliphatic rings. The third-order valence-electron chi connectivity index (χ3n) is 3.80. The van der Waals surface area contributed by atoms with Crippen LogP contribution in [0, 0.1) is 10.1 Å². The summed E-state index contributed by atoms with van der Waals surface area (Å²) in [7, 11) is 0. The van der Waals surface area contributed by atoms with Gasteiger partial charge >= 0.3 is 0 Å². The van der Waals surface area contributed by atoms with E-state index in [1.54, 1.807) is 41.3 Å². The van der Waals surface area contributed by atoms with Gasteiger partial charge in [-0.1, -0.05) is 6.92 Å². The van der Waals surface area contributed by atoms with Gasteiger partial charge in [0.05, 0.1) is 10.6 Å². The van der Waals surface area contributed by atoms with Crippen molar-refractivity contribution in [1.82, 2.24) is 0 Å². The van der Waals surface area contributed by atoms with Crippen molar-refractivity contribution < 1.29 is 14.5 Å². The third-order valence-corrected chi connectivity index (χ3v) is 3.80. The van der Waals surface area contributed by atoms with Crippen LogP contribution in [0.25, 0.3) is 6.08 Å². The normalized spacial score (nSPS) is 15.0. The summed E-state index contributed by atoms with van der Waals surface area (Å²) in [5, 5.41) is 10.7. The van der Waals surface area contributed by atoms with Crippen LogP contribution in [0.4, 0.5) is 17.1 Å². The van der Waals surface area contributed by atoms with E-state index in [-0.39, 0.29) is 17.4 Å². The molecule has 0 unspecified atom stereocenters. The molecule has 2 N–H and O–H groups in total. The van der Waals surface area contributed by atoms with Gasteiger partial charge in [-0.05, 0) is 42.3 Å². The highest BCUT2D eigenvalue weighted by atomic mass is 16.6. The molecule has 0 bridgehead atoms. The lowest BCUT2D eigenvalue weighted by Crippen LogP contribution is -2.37. The number of carbonyl (C=O) groups excluding carboxylic acids is 1. The molecule has 0 atom stereocenters. The largest absolute Gasteiger partial charge is 0.449 e. The van der Waals surface area contributed by atoms with Gasteiger partial charge in [0.15, 0.2) is 11.5 Å². The van der Waals surface area contributed by atoms with Crippen LogP contribution in [0.1, 0.15) is 18.9 Å². The average molecular weight is 339 g/mol. The van der Waals surface area contributed by atoms with E-state index >= 15 is 0 Å². The highest BCUT2D eigenvalue weighted by Gasteiger charge is 2.29. The number of nitro groups is 1. The van der Waals surface area contributed by atoms with Gasteiger partial charge in [-0.3, -0.25) is 14.9 Å². The van der Waals surface area contributed by atoms with Gasteiger partial charge in [0.25, 0.3) is 11.6 Å². The van der Waals surface area contributed by atoms with Crippen LogP contribution in [-0.2, 0) is 4.79 Å². The molecular formula is C18H17N3O4. The number of nitro benzene ring substituents is 1. The lowest BCUT2D eigenvalue weighted by atomic mass is 10.1. The molecule has 0 spiro atoms. The zero-order chi connectivity index (χ0) is 18.0. The Morgan fingerprint density at radius 1 is 1.24 bits per heavy atom. The average Bonchev–Trinajstić information content (AvgIpc) is 2.59. The maximum absolute atomic E-state index is 12.7. The number of fused-ring (bicyclic) bond motifs is 1. The molecule has 25 heavy (non-hydrogen) atoms. The molecule has 1 heterocycles. The van der Waals surface area contributed by atoms with Crippen LogP contribution in [0.5, 0.6) is 5.75 Å². The maximum atomic E-state index is 12.7. The van der Waals surface area contributed by atoms with E-state index in [4.69, 9.17) is 10.5 Å². The van der Waals surface area contributed by atoms with E-state index in [0.717, 1.165) is 6.42 Å². The number of nitrogens with zero attached hydrogens (tertiary/aromatic N) is 2. The minimum absolute atomic E-state index is 0.0104. The number of anilines is 2. The van der Waals surface area contributed by atoms with Crippen LogP contribution < -0.4 is 15.4 Å². The number of non-ortho nitro benzene ring substituents is 1. The Labute approximate surface area is 144 Å². The molecule has 2 aromatic rings. The summed E-state index contributed by atoms with van der Waals surface area (Å²) in [4.78, 5) is 24.6. The van der Waals surface area contributed by atoms with Gasteiger partial charge in [-0.2, -0.15) is 0 Å². The summed E-state index contributed by atoms with van der Waals surface area (Å²) in [6, 6.07) is 11.1. The molecular weight excluding hydrogens is 322 g/mol. The van der Waals surface area contributed by atoms with Crippen molar-refractivity contribution in [1.29, 1.82) is 0 Å². The molecule has 0 aromatic heterocycles. The van der Waals surface area contributed by atoms with Crippen LogP contribution in [0.15, 0.2) is 48.2 Å². The molecule has 0 radical (unpaired) electrons. The molecule has 2 aromatic carbocycles. The monoisotopic (exact) mass is 339 g/mol. The number of carbonyl (C=O) groups is 1. The minimum atomic E-state index is -0.471. The molecule has 1 amide bonds. The van der Waals surface area contributed by atoms with Crippen LogP contribution in [0.3, 0.4) is 0 Å². The fourth-order valence-electron chi connectivity index (χ4n) is 2.62. The first-order valence-corrected chi connectivity index (χ1v) is 7.85. The zero-order valence-corrected chi connectivity index (χ0v) is 13.6. The molecule has 0 saturated heterocycles. The number of hydrogen-bond donors (Lipinski definition) is 1. The summed E-state index contributed by atoms with van der Waals surface area (Å²) >= 11 is 0. The van der Waals surface area contributed by atoms with Gasteiger partial charge in [0.2, 0.25) is 0 Å². The minimum Gasteiger partial charge on any atom is -0.449 e. The summed E-state index contributed by atoms with van der Waals surface area (Å²) < 4.78 is 5.74. The highest BCUT2D eigenvalue weighted by molar-refractivity contribution is 6.10. The second kappa shape index (κ2) is 6.64. The summed E-state index contributed by atoms with van der Waals surface area (Å²) in [5.74, 6) is 0.416. The first-order chi connectivity index (χ1) is 12.0. The topological polar surface area (TPSA) is 98.7 Å². The van der Waals surface area contributed by atoms with E-state index in [0.29, 0.717) is 29.2 Å². The Kier molecular flexibility index (Phi) is 4.38. The van der Waals surface area contributed by atoms with Crippen LogP contribution in [-0.4, -0.2) is 17.4 Å². The Hall–Kier alpha value is -3.35. The summed E-state index contributed by atoms with van der Waals surface area (Å²) in [6.07, 6.45) is 2.36. The molecule has 0 aliphatic carbocycles. The number of nitrogens with two attached hydrogens (primary N) is 1. The van der Waals surface area contributed by atoms with Crippen molar-refractivity contribution in [2.75, 3.05) is 17.2 Å². The van der Waals surface area contributed by atoms with E-state index in [1.807, 2.05) is 6.92 Å². The fourth-order valence-corrected chi connectivity index (χ4v) is 2.62. The Morgan fingerprint density at radius 2 is 1.96 bits per heavy atom. The van der Waals surface area contributed by atoms with Gasteiger partial charge in [-0.15, -0.1) is 0 Å². The second-order valence-corrected chi connectivity index (χ2v) is 5.64. The zero-order valence-electron chi connectivity index (χ0n) is 13.6. The van der Waals surface area contributed by atoms with Gasteiger partial charge in [-0.25, -0.2) is 0 Å². The van der Waals surface area contributed by atoms with E-state index < -0.39 is 4.92 Å². The first-order valence-electron chi connectivity index (χ1n) is 7.85. The number of nitrogen functional groups attached to an aromatic ring is 1. The van der Waals surface area contributed by atoms with Crippen molar-refractivity contribution in [2.24, 2.45) is 0 Å². The fraction of sp³-hybridized carbons (Fsp3) is 0.167. The van der Waals surface area contributed by atoms with E-state index in [1.165, 1.54) is 12.1 Å². The van der Waals surface area contributed by atoms with Crippen LogP contribution in [0.2, 0.25) is 0 Å². The molecule has 1 aliphatic heterocycles. The van der Waals surface area contributed by atoms with Crippen molar-refractivity contribution in [3.63, 3.8) is 0 Å². The third kappa shape index (κ3) is 3.30. The number of amides is 1. The molecule has 7 heteroatoms. The molecule has 128 valence electrons. The van der Waals surface area contributed by atoms with E-state index in [9.17, 15) is 14.9 Å². The van der Waals surface area contributed by atoms with Gasteiger partial charge in [0, 0.05) is 30.4 Å². The quantitative estimate of drug-likeness (QED) is 0.398. The van der Waals surface area contributed by atoms with Gasteiger partial charge in [0.1, 0.15) is 0 Å². The Balaban J connectivity index is 1.98. The number of rotatable bonds is 4. The summed E-state index contributed by atoms with van der Waals surface area (Å²) in [5.41, 5.74) is 7.66. The highest BCUT2D eigenvalue weighted by Crippen LogP contribution is 2.37. The number of hydrogen-bond acceptors (Lipinski definition) is 5. The Morgan fingerprint density at radius 3 is 2.60 bits per heavy atom. The molecule has 3 rings (SSSR count). The standard InChI is InChI=1S/C18H17N3O4/c1-2-9-20-15-8-5-13(19)11-16(15)25-17(18(20)22)10-12-3-6-14(7-4-12)21(23)24/h3-8,10-11H,2,9,19H2,1H3/b17-10+. The lowest BCUT2D eigenvalue weighted by Gasteiger charge is -2.30. The number of ether oxygens (including phenoxy) is 1. The number of benzene rings is 2. The van der Waals surface area contributed by atoms with Crippen molar-refractivity contribution in [2.45, 2.75) is 13.3 Å². The predicted octanol–water partition coefficient (Wildman–Crippen LogP) is 3.35. The van der Waals surface area contributed by atoms with Crippen molar-refractivity contribution in [3.8, 4) is 5.75 Å². The Bertz CT molecular complexity index is 859. The molecule has 0 fully saturated rings. The van der Waals surface area contributed by atoms with E-state index in [2.05, 4.69) is 0 Å². The van der Waals surface area contributed by atoms with Crippen molar-refractivity contribution >= 4 is 29.0 Å². The first kappa shape index (κ1) is 16.5. The lowest BCUT2D eigenvalue weighted by molar-refractivity contribution is -0.384. The molecule has 7 nitrogen and oxygen atoms in total. The van der Waals surface area contributed by atoms with Crippen LogP contribution >= 0.6 is 0 Å². The maximum Gasteiger partial charge on any atom is 0.294 e. The smallest absolute Gasteiger partial charge is 0.294 e. The predicted molar refractivity (Wildman–Crippen MR) is 95.2 cm³/mol. The molecule has 0 saturated carbocycles. The summed E-state index contributed by atoms with van der Waals surface area (Å²) in [6.45, 7) is 2.54. The van der Waals surface area contributed by atoms with Gasteiger partial charge < -0.3 is 15.4 Å².